The number of hydrogen-bond donors (Lipinski definition) is 2. The van der Waals surface area contributed by atoms with Crippen molar-refractivity contribution in [3.8, 4) is 5.75 Å². The fourth-order valence-electron chi connectivity index (χ4n) is 2.18. The maximum Gasteiger partial charge on any atom is 0.340 e. The Morgan fingerprint density at radius 3 is 2.88 bits per heavy atom. The molecule has 1 aromatic rings. The second-order valence-corrected chi connectivity index (χ2v) is 4.04. The lowest BCUT2D eigenvalue weighted by Crippen LogP contribution is -2.38. The lowest BCUT2D eigenvalue weighted by Gasteiger charge is -2.30. The topological polar surface area (TPSA) is 66.8 Å². The summed E-state index contributed by atoms with van der Waals surface area (Å²) in [6.07, 6.45) is 1.74. The highest BCUT2D eigenvalue weighted by Gasteiger charge is 2.41. The maximum atomic E-state index is 11.1. The second kappa shape index (κ2) is 3.79. The van der Waals surface area contributed by atoms with E-state index in [2.05, 4.69) is 0 Å². The van der Waals surface area contributed by atoms with Crippen molar-refractivity contribution in [1.29, 1.82) is 0 Å². The first kappa shape index (κ1) is 11.0. The molecule has 1 atom stereocenters. The van der Waals surface area contributed by atoms with Gasteiger partial charge in [0, 0.05) is 5.56 Å². The van der Waals surface area contributed by atoms with Crippen LogP contribution in [0.2, 0.25) is 0 Å². The molecule has 0 heterocycles. The minimum Gasteiger partial charge on any atom is -0.497 e. The van der Waals surface area contributed by atoms with Crippen molar-refractivity contribution in [3.63, 3.8) is 0 Å². The van der Waals surface area contributed by atoms with Crippen LogP contribution < -0.4 is 4.74 Å². The molecule has 0 fully saturated rings. The van der Waals surface area contributed by atoms with E-state index in [1.165, 1.54) is 7.11 Å². The van der Waals surface area contributed by atoms with Crippen LogP contribution in [0, 0.1) is 0 Å². The van der Waals surface area contributed by atoms with Crippen molar-refractivity contribution >= 4 is 5.97 Å². The van der Waals surface area contributed by atoms with E-state index in [1.54, 1.807) is 12.1 Å². The maximum absolute atomic E-state index is 11.1. The molecule has 0 radical (unpaired) electrons. The second-order valence-electron chi connectivity index (χ2n) is 4.04. The quantitative estimate of drug-likeness (QED) is 0.791. The lowest BCUT2D eigenvalue weighted by molar-refractivity contribution is -0.161. The lowest BCUT2D eigenvalue weighted by atomic mass is 9.79. The van der Waals surface area contributed by atoms with E-state index in [0.29, 0.717) is 17.7 Å². The zero-order chi connectivity index (χ0) is 11.8. The van der Waals surface area contributed by atoms with Crippen molar-refractivity contribution in [3.05, 3.63) is 29.3 Å². The summed E-state index contributed by atoms with van der Waals surface area (Å²) in [4.78, 5) is 11.1. The molecule has 0 spiro atoms. The number of carboxylic acid groups (broad SMARTS) is 1. The van der Waals surface area contributed by atoms with Gasteiger partial charge in [-0.3, -0.25) is 0 Å². The molecule has 16 heavy (non-hydrogen) atoms. The van der Waals surface area contributed by atoms with E-state index in [0.717, 1.165) is 12.0 Å². The average Bonchev–Trinajstić information content (AvgIpc) is 2.29. The Kier molecular flexibility index (Phi) is 2.59. The molecule has 1 aliphatic carbocycles. The molecule has 4 heteroatoms. The third-order valence-electron chi connectivity index (χ3n) is 3.10. The Labute approximate surface area is 93.5 Å². The normalized spacial score (nSPS) is 23.6. The van der Waals surface area contributed by atoms with Gasteiger partial charge in [-0.25, -0.2) is 4.79 Å². The molecule has 0 aliphatic heterocycles. The van der Waals surface area contributed by atoms with Crippen molar-refractivity contribution in [1.82, 2.24) is 0 Å². The van der Waals surface area contributed by atoms with Gasteiger partial charge in [0.1, 0.15) is 5.75 Å². The summed E-state index contributed by atoms with van der Waals surface area (Å²) in [5.41, 5.74) is -0.412. The summed E-state index contributed by atoms with van der Waals surface area (Å²) in [7, 11) is 1.52. The number of aryl methyl sites for hydroxylation is 1. The van der Waals surface area contributed by atoms with Gasteiger partial charge in [-0.2, -0.15) is 0 Å². The number of fused-ring (bicyclic) bond motifs is 1. The smallest absolute Gasteiger partial charge is 0.340 e. The highest BCUT2D eigenvalue weighted by Crippen LogP contribution is 2.37. The first-order valence-electron chi connectivity index (χ1n) is 5.21. The molecular weight excluding hydrogens is 208 g/mol. The Morgan fingerprint density at radius 1 is 1.50 bits per heavy atom. The Hall–Kier alpha value is -1.55. The first-order valence-corrected chi connectivity index (χ1v) is 5.21. The number of carboxylic acids is 1. The van der Waals surface area contributed by atoms with Crippen LogP contribution in [-0.4, -0.2) is 23.3 Å². The van der Waals surface area contributed by atoms with Gasteiger partial charge >= 0.3 is 5.97 Å². The van der Waals surface area contributed by atoms with E-state index in [1.807, 2.05) is 6.07 Å². The molecule has 0 saturated carbocycles. The van der Waals surface area contributed by atoms with Gasteiger partial charge in [0.15, 0.2) is 5.60 Å². The Morgan fingerprint density at radius 2 is 2.25 bits per heavy atom. The fourth-order valence-corrected chi connectivity index (χ4v) is 2.18. The largest absolute Gasteiger partial charge is 0.497 e. The highest BCUT2D eigenvalue weighted by molar-refractivity contribution is 5.80. The molecular formula is C12H14O4. The van der Waals surface area contributed by atoms with Gasteiger partial charge in [-0.05, 0) is 37.0 Å². The van der Waals surface area contributed by atoms with Crippen LogP contribution in [-0.2, 0) is 16.8 Å². The summed E-state index contributed by atoms with van der Waals surface area (Å²) in [6, 6.07) is 5.22. The van der Waals surface area contributed by atoms with Crippen molar-refractivity contribution in [2.75, 3.05) is 7.11 Å². The third-order valence-corrected chi connectivity index (χ3v) is 3.10. The molecule has 1 unspecified atom stereocenters. The minimum atomic E-state index is -1.76. The molecule has 1 aliphatic rings. The van der Waals surface area contributed by atoms with Gasteiger partial charge in [-0.15, -0.1) is 0 Å². The Bertz CT molecular complexity index is 427. The molecule has 0 saturated heterocycles. The number of methoxy groups -OCH3 is 1. The van der Waals surface area contributed by atoms with E-state index < -0.39 is 11.6 Å². The number of rotatable bonds is 2. The van der Waals surface area contributed by atoms with Crippen LogP contribution in [0.5, 0.6) is 5.75 Å². The molecule has 1 aromatic carbocycles. The minimum absolute atomic E-state index is 0.252. The van der Waals surface area contributed by atoms with Crippen LogP contribution in [0.3, 0.4) is 0 Å². The summed E-state index contributed by atoms with van der Waals surface area (Å²) in [6.45, 7) is 0. The van der Waals surface area contributed by atoms with Gasteiger partial charge in [-0.1, -0.05) is 6.07 Å². The third kappa shape index (κ3) is 1.55. The molecule has 86 valence electrons. The van der Waals surface area contributed by atoms with Crippen LogP contribution >= 0.6 is 0 Å². The summed E-state index contributed by atoms with van der Waals surface area (Å²) < 4.78 is 5.05. The monoisotopic (exact) mass is 222 g/mol. The number of ether oxygens (including phenoxy) is 1. The van der Waals surface area contributed by atoms with Gasteiger partial charge in [0.2, 0.25) is 0 Å². The fraction of sp³-hybridized carbons (Fsp3) is 0.417. The number of aliphatic hydroxyl groups is 1. The zero-order valence-electron chi connectivity index (χ0n) is 9.06. The molecule has 4 nitrogen and oxygen atoms in total. The SMILES string of the molecule is COc1ccc2c(c1)C(O)(C(=O)O)CCC2. The summed E-state index contributed by atoms with van der Waals surface area (Å²) >= 11 is 0. The average molecular weight is 222 g/mol. The predicted octanol–water partition coefficient (Wildman–Crippen LogP) is 1.30. The van der Waals surface area contributed by atoms with Gasteiger partial charge < -0.3 is 14.9 Å². The number of hydrogen-bond acceptors (Lipinski definition) is 3. The molecule has 0 amide bonds. The summed E-state index contributed by atoms with van der Waals surface area (Å²) in [5, 5.41) is 19.3. The van der Waals surface area contributed by atoms with E-state index in [-0.39, 0.29) is 6.42 Å². The Balaban J connectivity index is 2.55. The van der Waals surface area contributed by atoms with Gasteiger partial charge in [0.25, 0.3) is 0 Å². The van der Waals surface area contributed by atoms with Gasteiger partial charge in [0.05, 0.1) is 7.11 Å². The zero-order valence-corrected chi connectivity index (χ0v) is 9.06. The number of benzene rings is 1. The predicted molar refractivity (Wildman–Crippen MR) is 57.5 cm³/mol. The van der Waals surface area contributed by atoms with E-state index in [9.17, 15) is 9.90 Å². The number of carbonyl (C=O) groups is 1. The van der Waals surface area contributed by atoms with Crippen LogP contribution in [0.25, 0.3) is 0 Å². The standard InChI is InChI=1S/C12H14O4/c1-16-9-5-4-8-3-2-6-12(15,11(13)14)10(8)7-9/h4-5,7,15H,2-3,6H2,1H3,(H,13,14). The summed E-state index contributed by atoms with van der Waals surface area (Å²) in [5.74, 6) is -0.623. The van der Waals surface area contributed by atoms with E-state index in [4.69, 9.17) is 9.84 Å². The molecule has 2 N–H and O–H groups in total. The first-order chi connectivity index (χ1) is 7.58. The van der Waals surface area contributed by atoms with Crippen molar-refractivity contribution in [2.24, 2.45) is 0 Å². The van der Waals surface area contributed by atoms with Crippen molar-refractivity contribution < 1.29 is 19.7 Å². The van der Waals surface area contributed by atoms with Crippen LogP contribution in [0.4, 0.5) is 0 Å². The molecule has 2 rings (SSSR count). The molecule has 0 aromatic heterocycles. The molecule has 0 bridgehead atoms. The van der Waals surface area contributed by atoms with Crippen LogP contribution in [0.1, 0.15) is 24.0 Å². The van der Waals surface area contributed by atoms with E-state index >= 15 is 0 Å². The number of aliphatic carboxylic acids is 1. The van der Waals surface area contributed by atoms with Crippen LogP contribution in [0.15, 0.2) is 18.2 Å². The highest BCUT2D eigenvalue weighted by atomic mass is 16.5. The van der Waals surface area contributed by atoms with Crippen molar-refractivity contribution in [2.45, 2.75) is 24.9 Å².